The molecule has 3 heteroatoms. The number of nitrogens with zero attached hydrogens (tertiary/aromatic N) is 1. The Balaban J connectivity index is 1.85. The van der Waals surface area contributed by atoms with Crippen LogP contribution in [0.1, 0.15) is 37.3 Å². The summed E-state index contributed by atoms with van der Waals surface area (Å²) in [6, 6.07) is 6.62. The Labute approximate surface area is 123 Å². The summed E-state index contributed by atoms with van der Waals surface area (Å²) < 4.78 is 0. The summed E-state index contributed by atoms with van der Waals surface area (Å²) in [7, 11) is 0. The average Bonchev–Trinajstić information content (AvgIpc) is 3.20. The highest BCUT2D eigenvalue weighted by atomic mass is 79.9. The number of rotatable bonds is 3. The van der Waals surface area contributed by atoms with Gasteiger partial charge in [0.05, 0.1) is 0 Å². The molecule has 1 heterocycles. The van der Waals surface area contributed by atoms with E-state index in [-0.39, 0.29) is 0 Å². The highest BCUT2D eigenvalue weighted by molar-refractivity contribution is 9.09. The Hall–Kier alpha value is -0.830. The minimum Gasteiger partial charge on any atom is -0.312 e. The molecule has 1 amide bonds. The number of aryl methyl sites for hydroxylation is 1. The van der Waals surface area contributed by atoms with Gasteiger partial charge in [0.2, 0.25) is 5.91 Å². The first-order chi connectivity index (χ1) is 9.15. The highest BCUT2D eigenvalue weighted by Gasteiger charge is 2.35. The van der Waals surface area contributed by atoms with Crippen molar-refractivity contribution in [2.45, 2.75) is 43.9 Å². The quantitative estimate of drug-likeness (QED) is 0.777. The molecule has 1 saturated carbocycles. The number of hydrogen-bond donors (Lipinski definition) is 0. The molecule has 0 spiro atoms. The monoisotopic (exact) mass is 321 g/mol. The van der Waals surface area contributed by atoms with Gasteiger partial charge < -0.3 is 4.90 Å². The lowest BCUT2D eigenvalue weighted by atomic mass is 9.97. The average molecular weight is 322 g/mol. The number of alkyl halides is 1. The largest absolute Gasteiger partial charge is 0.312 e. The standard InChI is InChI=1S/C16H20BrNO/c1-11(17)9-12-4-7-15-14(10-12)3-2-8-18(15)16(19)13-5-6-13/h4,7,10-11,13H,2-3,5-6,8-9H2,1H3. The van der Waals surface area contributed by atoms with Gasteiger partial charge in [0.1, 0.15) is 0 Å². The van der Waals surface area contributed by atoms with Gasteiger partial charge in [0, 0.05) is 23.0 Å². The number of halogens is 1. The molecule has 1 unspecified atom stereocenters. The molecule has 1 aromatic carbocycles. The van der Waals surface area contributed by atoms with E-state index in [4.69, 9.17) is 0 Å². The van der Waals surface area contributed by atoms with Crippen LogP contribution in [-0.4, -0.2) is 17.3 Å². The van der Waals surface area contributed by atoms with Crippen molar-refractivity contribution in [3.63, 3.8) is 0 Å². The van der Waals surface area contributed by atoms with Crippen molar-refractivity contribution < 1.29 is 4.79 Å². The molecule has 0 N–H and O–H groups in total. The van der Waals surface area contributed by atoms with Crippen molar-refractivity contribution in [3.05, 3.63) is 29.3 Å². The molecule has 1 aliphatic carbocycles. The summed E-state index contributed by atoms with van der Waals surface area (Å²) in [5.74, 6) is 0.663. The molecule has 2 aliphatic rings. The van der Waals surface area contributed by atoms with Gasteiger partial charge in [0.25, 0.3) is 0 Å². The Morgan fingerprint density at radius 2 is 2.26 bits per heavy atom. The predicted octanol–water partition coefficient (Wildman–Crippen LogP) is 3.70. The summed E-state index contributed by atoms with van der Waals surface area (Å²) in [5.41, 5.74) is 3.88. The number of fused-ring (bicyclic) bond motifs is 1. The fraction of sp³-hybridized carbons (Fsp3) is 0.562. The number of hydrogen-bond acceptors (Lipinski definition) is 1. The fourth-order valence-corrected chi connectivity index (χ4v) is 3.26. The van der Waals surface area contributed by atoms with Crippen molar-refractivity contribution in [2.75, 3.05) is 11.4 Å². The van der Waals surface area contributed by atoms with Gasteiger partial charge in [-0.1, -0.05) is 35.0 Å². The van der Waals surface area contributed by atoms with Crippen LogP contribution in [0.15, 0.2) is 18.2 Å². The van der Waals surface area contributed by atoms with E-state index in [1.54, 1.807) is 0 Å². The van der Waals surface area contributed by atoms with E-state index in [0.29, 0.717) is 16.7 Å². The second-order valence-electron chi connectivity index (χ2n) is 5.82. The third kappa shape index (κ3) is 2.86. The molecule has 3 rings (SSSR count). The van der Waals surface area contributed by atoms with Crippen molar-refractivity contribution in [2.24, 2.45) is 5.92 Å². The zero-order valence-corrected chi connectivity index (χ0v) is 12.9. The first-order valence-electron chi connectivity index (χ1n) is 7.22. The molecule has 19 heavy (non-hydrogen) atoms. The normalized spacial score (nSPS) is 20.0. The summed E-state index contributed by atoms with van der Waals surface area (Å²) >= 11 is 3.61. The van der Waals surface area contributed by atoms with E-state index >= 15 is 0 Å². The van der Waals surface area contributed by atoms with E-state index < -0.39 is 0 Å². The minimum atomic E-state index is 0.313. The number of amides is 1. The van der Waals surface area contributed by atoms with Crippen LogP contribution in [0.25, 0.3) is 0 Å². The Bertz CT molecular complexity index is 494. The molecule has 0 bridgehead atoms. The lowest BCUT2D eigenvalue weighted by Crippen LogP contribution is -2.36. The van der Waals surface area contributed by atoms with Crippen LogP contribution in [0.3, 0.4) is 0 Å². The van der Waals surface area contributed by atoms with Crippen LogP contribution in [0.4, 0.5) is 5.69 Å². The van der Waals surface area contributed by atoms with Crippen LogP contribution in [0.5, 0.6) is 0 Å². The smallest absolute Gasteiger partial charge is 0.230 e. The first kappa shape index (κ1) is 13.2. The molecule has 0 aromatic heterocycles. The van der Waals surface area contributed by atoms with Gasteiger partial charge in [0.15, 0.2) is 0 Å². The molecule has 2 nitrogen and oxygen atoms in total. The van der Waals surface area contributed by atoms with E-state index in [1.807, 2.05) is 4.90 Å². The van der Waals surface area contributed by atoms with Gasteiger partial charge >= 0.3 is 0 Å². The van der Waals surface area contributed by atoms with Gasteiger partial charge in [-0.15, -0.1) is 0 Å². The third-order valence-corrected chi connectivity index (χ3v) is 4.30. The SMILES string of the molecule is CC(Br)Cc1ccc2c(c1)CCCN2C(=O)C1CC1. The van der Waals surface area contributed by atoms with Crippen molar-refractivity contribution >= 4 is 27.5 Å². The maximum atomic E-state index is 12.3. The number of carbonyl (C=O) groups is 1. The maximum absolute atomic E-state index is 12.3. The van der Waals surface area contributed by atoms with E-state index in [2.05, 4.69) is 41.1 Å². The fourth-order valence-electron chi connectivity index (χ4n) is 2.88. The molecular weight excluding hydrogens is 302 g/mol. The van der Waals surface area contributed by atoms with E-state index in [1.165, 1.54) is 11.1 Å². The molecule has 0 radical (unpaired) electrons. The summed E-state index contributed by atoms with van der Waals surface area (Å²) in [6.07, 6.45) is 5.42. The molecule has 1 aromatic rings. The molecular formula is C16H20BrNO. The Morgan fingerprint density at radius 3 is 2.95 bits per heavy atom. The molecule has 1 atom stereocenters. The lowest BCUT2D eigenvalue weighted by Gasteiger charge is -2.30. The summed E-state index contributed by atoms with van der Waals surface area (Å²) in [4.78, 5) is 14.8. The number of benzene rings is 1. The predicted molar refractivity (Wildman–Crippen MR) is 81.9 cm³/mol. The molecule has 1 fully saturated rings. The van der Waals surface area contributed by atoms with E-state index in [9.17, 15) is 4.79 Å². The maximum Gasteiger partial charge on any atom is 0.230 e. The zero-order chi connectivity index (χ0) is 13.4. The highest BCUT2D eigenvalue weighted by Crippen LogP contribution is 2.36. The summed E-state index contributed by atoms with van der Waals surface area (Å²) in [6.45, 7) is 3.07. The molecule has 1 aliphatic heterocycles. The number of carbonyl (C=O) groups excluding carboxylic acids is 1. The Morgan fingerprint density at radius 1 is 1.47 bits per heavy atom. The van der Waals surface area contributed by atoms with E-state index in [0.717, 1.165) is 44.3 Å². The van der Waals surface area contributed by atoms with Crippen molar-refractivity contribution in [1.82, 2.24) is 0 Å². The van der Waals surface area contributed by atoms with Crippen LogP contribution >= 0.6 is 15.9 Å². The van der Waals surface area contributed by atoms with Crippen molar-refractivity contribution in [1.29, 1.82) is 0 Å². The molecule has 0 saturated heterocycles. The topological polar surface area (TPSA) is 20.3 Å². The van der Waals surface area contributed by atoms with Gasteiger partial charge in [-0.3, -0.25) is 4.79 Å². The zero-order valence-electron chi connectivity index (χ0n) is 11.4. The minimum absolute atomic E-state index is 0.313. The van der Waals surface area contributed by atoms with Crippen molar-refractivity contribution in [3.8, 4) is 0 Å². The number of anilines is 1. The van der Waals surface area contributed by atoms with Crippen LogP contribution in [-0.2, 0) is 17.6 Å². The molecule has 102 valence electrons. The van der Waals surface area contributed by atoms with Gasteiger partial charge in [-0.25, -0.2) is 0 Å². The van der Waals surface area contributed by atoms with Crippen LogP contribution in [0.2, 0.25) is 0 Å². The van der Waals surface area contributed by atoms with Gasteiger partial charge in [-0.05, 0) is 49.3 Å². The summed E-state index contributed by atoms with van der Waals surface area (Å²) in [5, 5.41) is 0. The van der Waals surface area contributed by atoms with Gasteiger partial charge in [-0.2, -0.15) is 0 Å². The second kappa shape index (κ2) is 5.28. The Kier molecular flexibility index (Phi) is 3.66. The third-order valence-electron chi connectivity index (χ3n) is 3.97. The lowest BCUT2D eigenvalue weighted by molar-refractivity contribution is -0.119. The second-order valence-corrected chi connectivity index (χ2v) is 7.38. The van der Waals surface area contributed by atoms with Crippen LogP contribution < -0.4 is 4.90 Å². The first-order valence-corrected chi connectivity index (χ1v) is 8.14. The van der Waals surface area contributed by atoms with Crippen LogP contribution in [0, 0.1) is 5.92 Å².